The number of fused-ring (bicyclic) bond motifs is 2. The van der Waals surface area contributed by atoms with Crippen LogP contribution in [0.4, 0.5) is 0 Å². The molecule has 0 fully saturated rings. The highest BCUT2D eigenvalue weighted by atomic mass is 32.1. The van der Waals surface area contributed by atoms with Gasteiger partial charge in [0.1, 0.15) is 4.88 Å². The van der Waals surface area contributed by atoms with Crippen molar-refractivity contribution in [1.82, 2.24) is 10.3 Å². The Balaban J connectivity index is 1.26. The summed E-state index contributed by atoms with van der Waals surface area (Å²) in [6.07, 6.45) is 2.67. The lowest BCUT2D eigenvalue weighted by molar-refractivity contribution is -0.124. The SMILES string of the molecule is O=C(COC(=O)c1cc2ccccc2s1)NCCc1c[nH]c2ccccc12. The number of hydrogen-bond acceptors (Lipinski definition) is 4. The fraction of sp³-hybridized carbons (Fsp3) is 0.143. The molecule has 4 aromatic rings. The molecule has 0 saturated carbocycles. The summed E-state index contributed by atoms with van der Waals surface area (Å²) in [5.74, 6) is -0.771. The van der Waals surface area contributed by atoms with E-state index in [2.05, 4.69) is 16.4 Å². The van der Waals surface area contributed by atoms with Crippen LogP contribution in [0.15, 0.2) is 60.8 Å². The Morgan fingerprint density at radius 2 is 1.89 bits per heavy atom. The predicted molar refractivity (Wildman–Crippen MR) is 107 cm³/mol. The Kier molecular flexibility index (Phi) is 4.89. The summed E-state index contributed by atoms with van der Waals surface area (Å²) >= 11 is 1.36. The van der Waals surface area contributed by atoms with Crippen LogP contribution in [0.1, 0.15) is 15.2 Å². The van der Waals surface area contributed by atoms with E-state index in [1.807, 2.05) is 48.7 Å². The molecule has 2 heterocycles. The van der Waals surface area contributed by atoms with Crippen LogP contribution in [0.2, 0.25) is 0 Å². The Bertz CT molecular complexity index is 1080. The second-order valence-corrected chi connectivity index (χ2v) is 7.27. The molecule has 27 heavy (non-hydrogen) atoms. The van der Waals surface area contributed by atoms with Crippen molar-refractivity contribution in [2.24, 2.45) is 0 Å². The number of carbonyl (C=O) groups excluding carboxylic acids is 2. The first-order valence-corrected chi connectivity index (χ1v) is 9.50. The zero-order valence-electron chi connectivity index (χ0n) is 14.5. The standard InChI is InChI=1S/C21H18N2O3S/c24-20(22-10-9-15-12-23-17-7-3-2-6-16(15)17)13-26-21(25)19-11-14-5-1-4-8-18(14)27-19/h1-8,11-12,23H,9-10,13H2,(H,22,24). The molecule has 2 aromatic carbocycles. The average Bonchev–Trinajstić information content (AvgIpc) is 3.30. The maximum atomic E-state index is 12.1. The maximum Gasteiger partial charge on any atom is 0.348 e. The fourth-order valence-electron chi connectivity index (χ4n) is 3.01. The topological polar surface area (TPSA) is 71.2 Å². The van der Waals surface area contributed by atoms with Crippen molar-refractivity contribution in [3.8, 4) is 0 Å². The van der Waals surface area contributed by atoms with Gasteiger partial charge in [0.2, 0.25) is 0 Å². The number of hydrogen-bond donors (Lipinski definition) is 2. The van der Waals surface area contributed by atoms with Gasteiger partial charge in [-0.25, -0.2) is 4.79 Å². The minimum atomic E-state index is -0.469. The van der Waals surface area contributed by atoms with E-state index in [4.69, 9.17) is 4.74 Å². The van der Waals surface area contributed by atoms with E-state index in [1.165, 1.54) is 11.3 Å². The molecule has 2 N–H and O–H groups in total. The van der Waals surface area contributed by atoms with Gasteiger partial charge in [0, 0.05) is 28.3 Å². The lowest BCUT2D eigenvalue weighted by Gasteiger charge is -2.05. The number of ether oxygens (including phenoxy) is 1. The van der Waals surface area contributed by atoms with Crippen LogP contribution in [0.5, 0.6) is 0 Å². The van der Waals surface area contributed by atoms with Crippen LogP contribution in [-0.4, -0.2) is 30.0 Å². The minimum Gasteiger partial charge on any atom is -0.451 e. The highest BCUT2D eigenvalue weighted by molar-refractivity contribution is 7.20. The van der Waals surface area contributed by atoms with Crippen LogP contribution in [0.3, 0.4) is 0 Å². The molecule has 0 aliphatic heterocycles. The van der Waals surface area contributed by atoms with Crippen molar-refractivity contribution < 1.29 is 14.3 Å². The van der Waals surface area contributed by atoms with Gasteiger partial charge >= 0.3 is 5.97 Å². The highest BCUT2D eigenvalue weighted by Crippen LogP contribution is 2.25. The number of esters is 1. The third kappa shape index (κ3) is 3.85. The van der Waals surface area contributed by atoms with Gasteiger partial charge in [-0.3, -0.25) is 4.79 Å². The summed E-state index contributed by atoms with van der Waals surface area (Å²) < 4.78 is 6.15. The van der Waals surface area contributed by atoms with E-state index in [1.54, 1.807) is 6.07 Å². The van der Waals surface area contributed by atoms with Crippen LogP contribution in [0.25, 0.3) is 21.0 Å². The van der Waals surface area contributed by atoms with E-state index in [0.717, 1.165) is 26.6 Å². The average molecular weight is 378 g/mol. The summed E-state index contributed by atoms with van der Waals surface area (Å²) in [5.41, 5.74) is 2.23. The van der Waals surface area contributed by atoms with E-state index in [-0.39, 0.29) is 12.5 Å². The van der Waals surface area contributed by atoms with Crippen molar-refractivity contribution >= 4 is 44.2 Å². The summed E-state index contributed by atoms with van der Waals surface area (Å²) in [4.78, 5) is 27.8. The molecule has 1 amide bonds. The molecule has 0 radical (unpaired) electrons. The Labute approximate surface area is 160 Å². The van der Waals surface area contributed by atoms with Crippen molar-refractivity contribution in [1.29, 1.82) is 0 Å². The van der Waals surface area contributed by atoms with Crippen molar-refractivity contribution in [3.05, 3.63) is 71.2 Å². The molecule has 0 spiro atoms. The van der Waals surface area contributed by atoms with Crippen LogP contribution >= 0.6 is 11.3 Å². The highest BCUT2D eigenvalue weighted by Gasteiger charge is 2.13. The summed E-state index contributed by atoms with van der Waals surface area (Å²) in [6.45, 7) is 0.210. The first-order valence-electron chi connectivity index (χ1n) is 8.68. The molecule has 0 saturated heterocycles. The minimum absolute atomic E-state index is 0.277. The molecule has 0 bridgehead atoms. The summed E-state index contributed by atoms with van der Waals surface area (Å²) in [7, 11) is 0. The first kappa shape index (κ1) is 17.3. The van der Waals surface area contributed by atoms with Crippen LogP contribution < -0.4 is 5.32 Å². The molecule has 5 nitrogen and oxygen atoms in total. The second kappa shape index (κ2) is 7.63. The number of rotatable bonds is 6. The van der Waals surface area contributed by atoms with Crippen molar-refractivity contribution in [3.63, 3.8) is 0 Å². The normalized spacial score (nSPS) is 11.0. The molecule has 0 aliphatic rings. The lowest BCUT2D eigenvalue weighted by Crippen LogP contribution is -2.30. The number of aromatic amines is 1. The third-order valence-corrected chi connectivity index (χ3v) is 5.45. The molecule has 0 unspecified atom stereocenters. The van der Waals surface area contributed by atoms with Gasteiger partial charge in [0.15, 0.2) is 6.61 Å². The van der Waals surface area contributed by atoms with Gasteiger partial charge in [0.25, 0.3) is 5.91 Å². The Morgan fingerprint density at radius 1 is 1.07 bits per heavy atom. The lowest BCUT2D eigenvalue weighted by atomic mass is 10.1. The third-order valence-electron chi connectivity index (χ3n) is 4.35. The van der Waals surface area contributed by atoms with Gasteiger partial charge in [-0.15, -0.1) is 11.3 Å². The zero-order valence-corrected chi connectivity index (χ0v) is 15.3. The fourth-order valence-corrected chi connectivity index (χ4v) is 3.97. The molecular formula is C21H18N2O3S. The largest absolute Gasteiger partial charge is 0.451 e. The van der Waals surface area contributed by atoms with Gasteiger partial charge in [-0.2, -0.15) is 0 Å². The number of nitrogens with one attached hydrogen (secondary N) is 2. The number of aromatic nitrogens is 1. The number of H-pyrrole nitrogens is 1. The number of amides is 1. The molecule has 2 aromatic heterocycles. The number of carbonyl (C=O) groups is 2. The number of para-hydroxylation sites is 1. The molecule has 6 heteroatoms. The summed E-state index contributed by atoms with van der Waals surface area (Å²) in [5, 5.41) is 4.95. The van der Waals surface area contributed by atoms with Gasteiger partial charge < -0.3 is 15.0 Å². The number of thiophene rings is 1. The van der Waals surface area contributed by atoms with E-state index in [9.17, 15) is 9.59 Å². The molecule has 4 rings (SSSR count). The summed E-state index contributed by atoms with van der Waals surface area (Å²) in [6, 6.07) is 17.6. The van der Waals surface area contributed by atoms with Crippen LogP contribution in [-0.2, 0) is 16.0 Å². The van der Waals surface area contributed by atoms with E-state index >= 15 is 0 Å². The molecular weight excluding hydrogens is 360 g/mol. The second-order valence-electron chi connectivity index (χ2n) is 6.18. The maximum absolute atomic E-state index is 12.1. The quantitative estimate of drug-likeness (QED) is 0.500. The van der Waals surface area contributed by atoms with E-state index in [0.29, 0.717) is 17.8 Å². The molecule has 136 valence electrons. The van der Waals surface area contributed by atoms with Gasteiger partial charge in [-0.1, -0.05) is 36.4 Å². The van der Waals surface area contributed by atoms with Crippen molar-refractivity contribution in [2.75, 3.05) is 13.2 Å². The number of benzene rings is 2. The Hall–Kier alpha value is -3.12. The zero-order chi connectivity index (χ0) is 18.6. The van der Waals surface area contributed by atoms with Gasteiger partial charge in [-0.05, 0) is 35.6 Å². The van der Waals surface area contributed by atoms with Crippen LogP contribution in [0, 0.1) is 0 Å². The molecule has 0 atom stereocenters. The smallest absolute Gasteiger partial charge is 0.348 e. The predicted octanol–water partition coefficient (Wildman–Crippen LogP) is 3.90. The van der Waals surface area contributed by atoms with Crippen molar-refractivity contribution in [2.45, 2.75) is 6.42 Å². The first-order chi connectivity index (χ1) is 13.2. The monoisotopic (exact) mass is 378 g/mol. The Morgan fingerprint density at radius 3 is 2.78 bits per heavy atom. The van der Waals surface area contributed by atoms with Gasteiger partial charge in [0.05, 0.1) is 0 Å². The van der Waals surface area contributed by atoms with E-state index < -0.39 is 5.97 Å². The molecule has 0 aliphatic carbocycles.